The molecule has 1 N–H and O–H groups in total. The summed E-state index contributed by atoms with van der Waals surface area (Å²) in [6.45, 7) is 6.78. The Hall–Kier alpha value is -1.88. The van der Waals surface area contributed by atoms with Crippen molar-refractivity contribution >= 4 is 11.8 Å². The summed E-state index contributed by atoms with van der Waals surface area (Å²) in [6.07, 6.45) is 3.89. The third kappa shape index (κ3) is 4.82. The summed E-state index contributed by atoms with van der Waals surface area (Å²) >= 11 is 0. The van der Waals surface area contributed by atoms with Gasteiger partial charge in [-0.25, -0.2) is 0 Å². The summed E-state index contributed by atoms with van der Waals surface area (Å²) < 4.78 is 0. The van der Waals surface area contributed by atoms with Crippen LogP contribution in [-0.4, -0.2) is 54.3 Å². The number of likely N-dealkylation sites (tertiary alicyclic amines) is 1. The molecule has 1 aromatic rings. The highest BCUT2D eigenvalue weighted by Gasteiger charge is 2.26. The van der Waals surface area contributed by atoms with E-state index in [0.29, 0.717) is 13.1 Å². The van der Waals surface area contributed by atoms with Crippen LogP contribution in [0.25, 0.3) is 0 Å². The van der Waals surface area contributed by atoms with E-state index in [2.05, 4.69) is 34.5 Å². The van der Waals surface area contributed by atoms with Gasteiger partial charge in [0.25, 0.3) is 0 Å². The van der Waals surface area contributed by atoms with E-state index in [9.17, 15) is 9.59 Å². The number of nitrogens with zero attached hydrogens (tertiary/aromatic N) is 2. The van der Waals surface area contributed by atoms with E-state index in [4.69, 9.17) is 0 Å². The molecule has 136 valence electrons. The fourth-order valence-corrected chi connectivity index (χ4v) is 3.88. The van der Waals surface area contributed by atoms with Gasteiger partial charge in [-0.05, 0) is 36.8 Å². The maximum Gasteiger partial charge on any atom is 0.224 e. The molecule has 1 fully saturated rings. The van der Waals surface area contributed by atoms with Crippen LogP contribution in [0.1, 0.15) is 37.3 Å². The Morgan fingerprint density at radius 1 is 1.20 bits per heavy atom. The van der Waals surface area contributed by atoms with E-state index in [1.165, 1.54) is 11.1 Å². The summed E-state index contributed by atoms with van der Waals surface area (Å²) in [5, 5.41) is 3.07. The minimum Gasteiger partial charge on any atom is -0.356 e. The molecule has 3 rings (SSSR count). The molecule has 5 heteroatoms. The lowest BCUT2D eigenvalue weighted by Crippen LogP contribution is -2.45. The van der Waals surface area contributed by atoms with Gasteiger partial charge in [0.1, 0.15) is 0 Å². The third-order valence-electron chi connectivity index (χ3n) is 5.40. The van der Waals surface area contributed by atoms with Crippen LogP contribution in [-0.2, 0) is 22.6 Å². The van der Waals surface area contributed by atoms with Gasteiger partial charge in [-0.1, -0.05) is 24.3 Å². The molecule has 0 aromatic heterocycles. The summed E-state index contributed by atoms with van der Waals surface area (Å²) in [4.78, 5) is 28.1. The van der Waals surface area contributed by atoms with Gasteiger partial charge < -0.3 is 10.2 Å². The van der Waals surface area contributed by atoms with Crippen LogP contribution in [0.2, 0.25) is 0 Å². The van der Waals surface area contributed by atoms with Crippen LogP contribution >= 0.6 is 0 Å². The van der Waals surface area contributed by atoms with Crippen molar-refractivity contribution in [1.82, 2.24) is 15.1 Å². The molecule has 0 radical (unpaired) electrons. The minimum atomic E-state index is -0.0421. The molecule has 2 amide bonds. The smallest absolute Gasteiger partial charge is 0.224 e. The zero-order chi connectivity index (χ0) is 17.6. The zero-order valence-electron chi connectivity index (χ0n) is 15.2. The molecule has 2 heterocycles. The Balaban J connectivity index is 1.36. The molecule has 1 saturated heterocycles. The molecule has 0 saturated carbocycles. The molecule has 2 aliphatic rings. The number of carbonyl (C=O) groups is 2. The first kappa shape index (κ1) is 17.9. The van der Waals surface area contributed by atoms with E-state index in [1.54, 1.807) is 11.8 Å². The number of piperidine rings is 1. The molecule has 0 bridgehead atoms. The first-order valence-corrected chi connectivity index (χ1v) is 9.46. The molecule has 2 aliphatic heterocycles. The number of carbonyl (C=O) groups excluding carboxylic acids is 2. The SMILES string of the molecule is CC(=O)N1CCC[C@@H](C(=O)NCCCN2CCc3ccccc3C2)C1. The molecular formula is C20H29N3O2. The number of amides is 2. The van der Waals surface area contributed by atoms with Gasteiger partial charge in [0.05, 0.1) is 5.92 Å². The van der Waals surface area contributed by atoms with Crippen molar-refractivity contribution in [3.8, 4) is 0 Å². The average Bonchev–Trinajstić information content (AvgIpc) is 2.65. The quantitative estimate of drug-likeness (QED) is 0.830. The number of nitrogens with one attached hydrogen (secondary N) is 1. The normalized spacial score (nSPS) is 20.8. The highest BCUT2D eigenvalue weighted by molar-refractivity contribution is 5.80. The Morgan fingerprint density at radius 3 is 2.80 bits per heavy atom. The van der Waals surface area contributed by atoms with E-state index in [0.717, 1.165) is 51.9 Å². The standard InChI is InChI=1S/C20H29N3O2/c1-16(24)23-12-4-8-19(15-23)20(25)21-10-5-11-22-13-9-17-6-2-3-7-18(17)14-22/h2-3,6-7,19H,4-5,8-15H2,1H3,(H,21,25)/t19-/m1/s1. The maximum absolute atomic E-state index is 12.3. The van der Waals surface area contributed by atoms with Crippen molar-refractivity contribution in [2.24, 2.45) is 5.92 Å². The van der Waals surface area contributed by atoms with Gasteiger partial charge in [-0.2, -0.15) is 0 Å². The van der Waals surface area contributed by atoms with Crippen LogP contribution in [0.3, 0.4) is 0 Å². The van der Waals surface area contributed by atoms with Gasteiger partial charge in [0.15, 0.2) is 0 Å². The summed E-state index contributed by atoms with van der Waals surface area (Å²) in [5.41, 5.74) is 2.91. The van der Waals surface area contributed by atoms with E-state index < -0.39 is 0 Å². The Kier molecular flexibility index (Phi) is 6.08. The minimum absolute atomic E-state index is 0.0421. The molecule has 1 aromatic carbocycles. The summed E-state index contributed by atoms with van der Waals surface area (Å²) in [7, 11) is 0. The lowest BCUT2D eigenvalue weighted by Gasteiger charge is -2.31. The van der Waals surface area contributed by atoms with Gasteiger partial charge in [0.2, 0.25) is 11.8 Å². The molecule has 0 aliphatic carbocycles. The summed E-state index contributed by atoms with van der Waals surface area (Å²) in [5.74, 6) is 0.136. The van der Waals surface area contributed by atoms with Crippen molar-refractivity contribution in [2.45, 2.75) is 39.2 Å². The number of fused-ring (bicyclic) bond motifs is 1. The fraction of sp³-hybridized carbons (Fsp3) is 0.600. The van der Waals surface area contributed by atoms with Crippen molar-refractivity contribution < 1.29 is 9.59 Å². The second kappa shape index (κ2) is 8.48. The van der Waals surface area contributed by atoms with Gasteiger partial charge in [-0.3, -0.25) is 14.5 Å². The van der Waals surface area contributed by atoms with Crippen LogP contribution in [0.5, 0.6) is 0 Å². The highest BCUT2D eigenvalue weighted by atomic mass is 16.2. The average molecular weight is 343 g/mol. The molecule has 5 nitrogen and oxygen atoms in total. The second-order valence-corrected chi connectivity index (χ2v) is 7.24. The number of hydrogen-bond acceptors (Lipinski definition) is 3. The predicted octanol–water partition coefficient (Wildman–Crippen LogP) is 1.81. The van der Waals surface area contributed by atoms with Crippen molar-refractivity contribution in [2.75, 3.05) is 32.7 Å². The lowest BCUT2D eigenvalue weighted by molar-refractivity contribution is -0.133. The molecular weight excluding hydrogens is 314 g/mol. The Morgan fingerprint density at radius 2 is 2.00 bits per heavy atom. The third-order valence-corrected chi connectivity index (χ3v) is 5.40. The second-order valence-electron chi connectivity index (χ2n) is 7.24. The number of benzene rings is 1. The van der Waals surface area contributed by atoms with Crippen molar-refractivity contribution in [3.05, 3.63) is 35.4 Å². The zero-order valence-corrected chi connectivity index (χ0v) is 15.2. The van der Waals surface area contributed by atoms with E-state index in [1.807, 2.05) is 0 Å². The van der Waals surface area contributed by atoms with Crippen LogP contribution in [0, 0.1) is 5.92 Å². The Bertz CT molecular complexity index is 617. The largest absolute Gasteiger partial charge is 0.356 e. The maximum atomic E-state index is 12.3. The van der Waals surface area contributed by atoms with Gasteiger partial charge in [-0.15, -0.1) is 0 Å². The first-order valence-electron chi connectivity index (χ1n) is 9.46. The van der Waals surface area contributed by atoms with E-state index in [-0.39, 0.29) is 17.7 Å². The molecule has 0 unspecified atom stereocenters. The van der Waals surface area contributed by atoms with Gasteiger partial charge in [0, 0.05) is 46.2 Å². The summed E-state index contributed by atoms with van der Waals surface area (Å²) in [6, 6.07) is 8.66. The predicted molar refractivity (Wildman–Crippen MR) is 98.0 cm³/mol. The molecule has 0 spiro atoms. The van der Waals surface area contributed by atoms with Crippen LogP contribution < -0.4 is 5.32 Å². The topological polar surface area (TPSA) is 52.7 Å². The monoisotopic (exact) mass is 343 g/mol. The fourth-order valence-electron chi connectivity index (χ4n) is 3.88. The number of rotatable bonds is 5. The van der Waals surface area contributed by atoms with Crippen LogP contribution in [0.4, 0.5) is 0 Å². The van der Waals surface area contributed by atoms with E-state index >= 15 is 0 Å². The Labute approximate surface area is 150 Å². The number of hydrogen-bond donors (Lipinski definition) is 1. The van der Waals surface area contributed by atoms with Crippen molar-refractivity contribution in [3.63, 3.8) is 0 Å². The van der Waals surface area contributed by atoms with Crippen molar-refractivity contribution in [1.29, 1.82) is 0 Å². The highest BCUT2D eigenvalue weighted by Crippen LogP contribution is 2.19. The first-order chi connectivity index (χ1) is 12.1. The molecule has 25 heavy (non-hydrogen) atoms. The molecule has 1 atom stereocenters. The van der Waals surface area contributed by atoms with Crippen LogP contribution in [0.15, 0.2) is 24.3 Å². The van der Waals surface area contributed by atoms with Gasteiger partial charge >= 0.3 is 0 Å². The lowest BCUT2D eigenvalue weighted by atomic mass is 9.97.